The van der Waals surface area contributed by atoms with Gasteiger partial charge in [0.2, 0.25) is 0 Å². The van der Waals surface area contributed by atoms with E-state index in [1.807, 2.05) is 6.07 Å². The Labute approximate surface area is 119 Å². The molecule has 0 saturated carbocycles. The van der Waals surface area contributed by atoms with Crippen molar-refractivity contribution in [1.82, 2.24) is 0 Å². The predicted molar refractivity (Wildman–Crippen MR) is 74.1 cm³/mol. The van der Waals surface area contributed by atoms with Gasteiger partial charge in [-0.1, -0.05) is 0 Å². The number of halogens is 2. The molecule has 7 heteroatoms. The van der Waals surface area contributed by atoms with E-state index in [0.29, 0.717) is 13.0 Å². The lowest BCUT2D eigenvalue weighted by atomic mass is 10.1. The van der Waals surface area contributed by atoms with Crippen molar-refractivity contribution in [3.8, 4) is 6.07 Å². The Morgan fingerprint density at radius 2 is 2.26 bits per heavy atom. The van der Waals surface area contributed by atoms with Crippen LogP contribution in [0.15, 0.2) is 16.6 Å². The highest BCUT2D eigenvalue weighted by molar-refractivity contribution is 9.10. The van der Waals surface area contributed by atoms with Crippen LogP contribution in [0.3, 0.4) is 0 Å². The van der Waals surface area contributed by atoms with E-state index >= 15 is 0 Å². The van der Waals surface area contributed by atoms with Crippen molar-refractivity contribution in [1.29, 1.82) is 5.26 Å². The third kappa shape index (κ3) is 3.25. The Morgan fingerprint density at radius 3 is 2.84 bits per heavy atom. The first-order valence-corrected chi connectivity index (χ1v) is 8.37. The zero-order chi connectivity index (χ0) is 14.0. The van der Waals surface area contributed by atoms with Crippen molar-refractivity contribution in [2.24, 2.45) is 5.92 Å². The van der Waals surface area contributed by atoms with Crippen molar-refractivity contribution in [3.63, 3.8) is 0 Å². The predicted octanol–water partition coefficient (Wildman–Crippen LogP) is 2.31. The fourth-order valence-corrected chi connectivity index (χ4v) is 4.36. The maximum absolute atomic E-state index is 13.9. The van der Waals surface area contributed by atoms with Gasteiger partial charge in [-0.15, -0.1) is 0 Å². The molecule has 1 saturated heterocycles. The number of sulfone groups is 1. The molecule has 1 heterocycles. The minimum Gasteiger partial charge on any atom is -0.382 e. The van der Waals surface area contributed by atoms with E-state index in [4.69, 9.17) is 5.26 Å². The molecule has 1 N–H and O–H groups in total. The van der Waals surface area contributed by atoms with Gasteiger partial charge in [0, 0.05) is 6.54 Å². The van der Waals surface area contributed by atoms with Gasteiger partial charge in [-0.05, 0) is 40.4 Å². The maximum atomic E-state index is 13.9. The number of nitrogens with zero attached hydrogens (tertiary/aromatic N) is 1. The summed E-state index contributed by atoms with van der Waals surface area (Å²) in [5.41, 5.74) is 0.502. The standard InChI is InChI=1S/C12H12BrFN2O2S/c13-11-9(5-15)1-2-10(12(11)14)16-6-8-3-4-19(17,18)7-8/h1-2,8,16H,3-4,6-7H2. The highest BCUT2D eigenvalue weighted by Crippen LogP contribution is 2.27. The van der Waals surface area contributed by atoms with E-state index in [2.05, 4.69) is 21.2 Å². The Balaban J connectivity index is 2.05. The van der Waals surface area contributed by atoms with Crippen LogP contribution in [0, 0.1) is 23.1 Å². The molecule has 102 valence electrons. The van der Waals surface area contributed by atoms with Crippen LogP contribution in [0.5, 0.6) is 0 Å². The maximum Gasteiger partial charge on any atom is 0.161 e. The van der Waals surface area contributed by atoms with Crippen LogP contribution >= 0.6 is 15.9 Å². The lowest BCUT2D eigenvalue weighted by Gasteiger charge is -2.12. The van der Waals surface area contributed by atoms with Crippen molar-refractivity contribution in [2.75, 3.05) is 23.4 Å². The van der Waals surface area contributed by atoms with Crippen LogP contribution < -0.4 is 5.32 Å². The number of benzene rings is 1. The molecule has 1 aromatic rings. The van der Waals surface area contributed by atoms with E-state index in [0.717, 1.165) is 0 Å². The average Bonchev–Trinajstić information content (AvgIpc) is 2.71. The Morgan fingerprint density at radius 1 is 1.53 bits per heavy atom. The monoisotopic (exact) mass is 346 g/mol. The number of anilines is 1. The Kier molecular flexibility index (Phi) is 4.11. The second-order valence-electron chi connectivity index (χ2n) is 4.55. The molecule has 0 spiro atoms. The first-order chi connectivity index (χ1) is 8.93. The summed E-state index contributed by atoms with van der Waals surface area (Å²) in [6.07, 6.45) is 0.606. The van der Waals surface area contributed by atoms with Gasteiger partial charge in [-0.2, -0.15) is 5.26 Å². The summed E-state index contributed by atoms with van der Waals surface area (Å²) in [5.74, 6) is -0.156. The molecular formula is C12H12BrFN2O2S. The van der Waals surface area contributed by atoms with Gasteiger partial charge in [0.15, 0.2) is 15.7 Å². The molecule has 4 nitrogen and oxygen atoms in total. The molecule has 1 atom stereocenters. The molecular weight excluding hydrogens is 335 g/mol. The molecule has 0 bridgehead atoms. The van der Waals surface area contributed by atoms with Crippen molar-refractivity contribution >= 4 is 31.5 Å². The van der Waals surface area contributed by atoms with E-state index in [-0.39, 0.29) is 33.1 Å². The van der Waals surface area contributed by atoms with Crippen LogP contribution in [0.4, 0.5) is 10.1 Å². The molecule has 1 unspecified atom stereocenters. The van der Waals surface area contributed by atoms with Crippen LogP contribution in [-0.2, 0) is 9.84 Å². The summed E-state index contributed by atoms with van der Waals surface area (Å²) < 4.78 is 36.6. The molecule has 0 aliphatic carbocycles. The quantitative estimate of drug-likeness (QED) is 0.911. The van der Waals surface area contributed by atoms with Crippen LogP contribution in [-0.4, -0.2) is 26.5 Å². The summed E-state index contributed by atoms with van der Waals surface area (Å²) in [6, 6.07) is 4.88. The second-order valence-corrected chi connectivity index (χ2v) is 7.57. The smallest absolute Gasteiger partial charge is 0.161 e. The number of hydrogen-bond donors (Lipinski definition) is 1. The Bertz CT molecular complexity index is 640. The topological polar surface area (TPSA) is 70.0 Å². The van der Waals surface area contributed by atoms with Gasteiger partial charge in [0.1, 0.15) is 6.07 Å². The molecule has 19 heavy (non-hydrogen) atoms. The van der Waals surface area contributed by atoms with Crippen molar-refractivity contribution in [3.05, 3.63) is 28.0 Å². The van der Waals surface area contributed by atoms with Crippen LogP contribution in [0.1, 0.15) is 12.0 Å². The lowest BCUT2D eigenvalue weighted by molar-refractivity contribution is 0.593. The summed E-state index contributed by atoms with van der Waals surface area (Å²) in [5, 5.41) is 11.7. The highest BCUT2D eigenvalue weighted by Gasteiger charge is 2.27. The first kappa shape index (κ1) is 14.3. The number of hydrogen-bond acceptors (Lipinski definition) is 4. The molecule has 0 radical (unpaired) electrons. The molecule has 1 aliphatic heterocycles. The fraction of sp³-hybridized carbons (Fsp3) is 0.417. The molecule has 0 amide bonds. The minimum atomic E-state index is -2.91. The summed E-state index contributed by atoms with van der Waals surface area (Å²) in [7, 11) is -2.91. The summed E-state index contributed by atoms with van der Waals surface area (Å²) in [6.45, 7) is 0.411. The molecule has 2 rings (SSSR count). The third-order valence-corrected chi connectivity index (χ3v) is 5.72. The van der Waals surface area contributed by atoms with Gasteiger partial charge in [-0.3, -0.25) is 0 Å². The highest BCUT2D eigenvalue weighted by atomic mass is 79.9. The van der Waals surface area contributed by atoms with E-state index in [9.17, 15) is 12.8 Å². The van der Waals surface area contributed by atoms with Gasteiger partial charge >= 0.3 is 0 Å². The number of nitrogens with one attached hydrogen (secondary N) is 1. The van der Waals surface area contributed by atoms with E-state index in [1.54, 1.807) is 0 Å². The SMILES string of the molecule is N#Cc1ccc(NCC2CCS(=O)(=O)C2)c(F)c1Br. The van der Waals surface area contributed by atoms with E-state index in [1.165, 1.54) is 12.1 Å². The minimum absolute atomic E-state index is 0.0128. The zero-order valence-corrected chi connectivity index (χ0v) is 12.4. The summed E-state index contributed by atoms with van der Waals surface area (Å²) >= 11 is 3.03. The molecule has 1 fully saturated rings. The molecule has 1 aliphatic rings. The van der Waals surface area contributed by atoms with E-state index < -0.39 is 15.7 Å². The lowest BCUT2D eigenvalue weighted by Crippen LogP contribution is -2.16. The largest absolute Gasteiger partial charge is 0.382 e. The molecule has 1 aromatic carbocycles. The first-order valence-electron chi connectivity index (χ1n) is 5.75. The van der Waals surface area contributed by atoms with Crippen molar-refractivity contribution < 1.29 is 12.8 Å². The summed E-state index contributed by atoms with van der Waals surface area (Å²) in [4.78, 5) is 0. The van der Waals surface area contributed by atoms with Crippen LogP contribution in [0.25, 0.3) is 0 Å². The Hall–Kier alpha value is -1.13. The number of rotatable bonds is 3. The third-order valence-electron chi connectivity index (χ3n) is 3.11. The van der Waals surface area contributed by atoms with Gasteiger partial charge < -0.3 is 5.32 Å². The zero-order valence-electron chi connectivity index (χ0n) is 9.99. The normalized spacial score (nSPS) is 21.0. The van der Waals surface area contributed by atoms with Crippen LogP contribution in [0.2, 0.25) is 0 Å². The van der Waals surface area contributed by atoms with Gasteiger partial charge in [0.25, 0.3) is 0 Å². The van der Waals surface area contributed by atoms with Crippen molar-refractivity contribution in [2.45, 2.75) is 6.42 Å². The van der Waals surface area contributed by atoms with Gasteiger partial charge in [-0.25, -0.2) is 12.8 Å². The second kappa shape index (κ2) is 5.47. The molecule has 0 aromatic heterocycles. The average molecular weight is 347 g/mol. The number of nitriles is 1. The van der Waals surface area contributed by atoms with Gasteiger partial charge in [0.05, 0.1) is 27.2 Å². The fourth-order valence-electron chi connectivity index (χ4n) is 2.06.